The zero-order valence-corrected chi connectivity index (χ0v) is 8.63. The van der Waals surface area contributed by atoms with Crippen molar-refractivity contribution >= 4 is 15.9 Å². The molecule has 1 radical (unpaired) electrons. The first-order valence-corrected chi connectivity index (χ1v) is 4.64. The Morgan fingerprint density at radius 1 is 1.58 bits per heavy atom. The van der Waals surface area contributed by atoms with Gasteiger partial charge in [0.15, 0.2) is 0 Å². The second kappa shape index (κ2) is 4.06. The van der Waals surface area contributed by atoms with Crippen molar-refractivity contribution in [3.8, 4) is 0 Å². The van der Waals surface area contributed by atoms with Gasteiger partial charge in [0.1, 0.15) is 0 Å². The van der Waals surface area contributed by atoms with Gasteiger partial charge in [0.2, 0.25) is 0 Å². The Hall–Kier alpha value is -0.340. The van der Waals surface area contributed by atoms with E-state index in [0.717, 1.165) is 10.0 Å². The van der Waals surface area contributed by atoms with Gasteiger partial charge in [-0.15, -0.1) is 0 Å². The first-order chi connectivity index (χ1) is 5.65. The largest absolute Gasteiger partial charge is 0.396 e. The summed E-state index contributed by atoms with van der Waals surface area (Å²) >= 11 is 3.43. The minimum absolute atomic E-state index is 0.0260. The topological polar surface area (TPSA) is 20.2 Å². The number of aliphatic hydroxyl groups is 1. The van der Waals surface area contributed by atoms with Gasteiger partial charge >= 0.3 is 0 Å². The van der Waals surface area contributed by atoms with Gasteiger partial charge in [0.25, 0.3) is 0 Å². The molecule has 0 aliphatic heterocycles. The molecule has 0 heterocycles. The van der Waals surface area contributed by atoms with Crippen LogP contribution in [-0.4, -0.2) is 11.7 Å². The summed E-state index contributed by atoms with van der Waals surface area (Å²) in [5, 5.41) is 8.87. The summed E-state index contributed by atoms with van der Waals surface area (Å²) in [6.45, 7) is 5.95. The number of benzene rings is 1. The quantitative estimate of drug-likeness (QED) is 0.824. The molecule has 2 heteroatoms. The van der Waals surface area contributed by atoms with E-state index in [1.165, 1.54) is 5.56 Å². The van der Waals surface area contributed by atoms with Gasteiger partial charge in [-0.3, -0.25) is 0 Å². The Morgan fingerprint density at radius 2 is 2.25 bits per heavy atom. The molecule has 1 aromatic carbocycles. The fourth-order valence-corrected chi connectivity index (χ4v) is 1.36. The highest BCUT2D eigenvalue weighted by Gasteiger charge is 2.04. The Morgan fingerprint density at radius 3 is 2.75 bits per heavy atom. The maximum atomic E-state index is 8.87. The molecule has 0 amide bonds. The van der Waals surface area contributed by atoms with Crippen molar-refractivity contribution in [2.24, 2.45) is 0 Å². The third-order valence-corrected chi connectivity index (χ3v) is 2.74. The smallest absolute Gasteiger partial charge is 0.0499 e. The Labute approximate surface area is 81.6 Å². The molecule has 65 valence electrons. The van der Waals surface area contributed by atoms with Gasteiger partial charge in [-0.1, -0.05) is 28.1 Å². The summed E-state index contributed by atoms with van der Waals surface area (Å²) in [6, 6.07) is 6.02. The average molecular weight is 228 g/mol. The van der Waals surface area contributed by atoms with E-state index in [4.69, 9.17) is 5.11 Å². The number of halogens is 1. The highest BCUT2D eigenvalue weighted by molar-refractivity contribution is 9.10. The number of hydrogen-bond acceptors (Lipinski definition) is 1. The normalized spacial score (nSPS) is 13.0. The van der Waals surface area contributed by atoms with Crippen LogP contribution in [0.15, 0.2) is 22.7 Å². The van der Waals surface area contributed by atoms with Gasteiger partial charge in [-0.05, 0) is 31.0 Å². The molecule has 0 saturated heterocycles. The van der Waals surface area contributed by atoms with Crippen molar-refractivity contribution in [1.82, 2.24) is 0 Å². The second-order valence-electron chi connectivity index (χ2n) is 2.89. The van der Waals surface area contributed by atoms with Crippen LogP contribution in [-0.2, 0) is 0 Å². The van der Waals surface area contributed by atoms with Crippen LogP contribution in [0.5, 0.6) is 0 Å². The van der Waals surface area contributed by atoms with E-state index >= 15 is 0 Å². The molecule has 1 rings (SSSR count). The lowest BCUT2D eigenvalue weighted by molar-refractivity contribution is 0.282. The molecular weight excluding hydrogens is 216 g/mol. The average Bonchev–Trinajstić information content (AvgIpc) is 2.08. The summed E-state index contributed by atoms with van der Waals surface area (Å²) in [5.41, 5.74) is 2.26. The summed E-state index contributed by atoms with van der Waals surface area (Å²) in [4.78, 5) is 0. The van der Waals surface area contributed by atoms with Crippen molar-refractivity contribution in [2.45, 2.75) is 12.8 Å². The van der Waals surface area contributed by atoms with E-state index in [9.17, 15) is 0 Å². The maximum Gasteiger partial charge on any atom is 0.0499 e. The minimum Gasteiger partial charge on any atom is -0.396 e. The lowest BCUT2D eigenvalue weighted by atomic mass is 10.0. The van der Waals surface area contributed by atoms with Gasteiger partial charge in [0, 0.05) is 17.0 Å². The number of aryl methyl sites for hydroxylation is 1. The van der Waals surface area contributed by atoms with E-state index in [1.54, 1.807) is 0 Å². The van der Waals surface area contributed by atoms with Crippen molar-refractivity contribution in [2.75, 3.05) is 6.61 Å². The lowest BCUT2D eigenvalue weighted by Gasteiger charge is -2.09. The van der Waals surface area contributed by atoms with E-state index in [2.05, 4.69) is 22.9 Å². The Balaban J connectivity index is 2.96. The van der Waals surface area contributed by atoms with Crippen LogP contribution in [0.1, 0.15) is 17.0 Å². The predicted molar refractivity (Wildman–Crippen MR) is 54.1 cm³/mol. The molecule has 1 atom stereocenters. The van der Waals surface area contributed by atoms with Crippen molar-refractivity contribution < 1.29 is 5.11 Å². The molecule has 12 heavy (non-hydrogen) atoms. The molecule has 1 unspecified atom stereocenters. The first kappa shape index (κ1) is 9.75. The predicted octanol–water partition coefficient (Wildman–Crippen LogP) is 2.67. The van der Waals surface area contributed by atoms with Crippen LogP contribution in [0.4, 0.5) is 0 Å². The van der Waals surface area contributed by atoms with Gasteiger partial charge in [0.05, 0.1) is 0 Å². The maximum absolute atomic E-state index is 8.87. The minimum atomic E-state index is -0.0260. The molecule has 1 N–H and O–H groups in total. The van der Waals surface area contributed by atoms with Crippen LogP contribution >= 0.6 is 15.9 Å². The third kappa shape index (κ3) is 2.08. The van der Waals surface area contributed by atoms with E-state index in [1.807, 2.05) is 25.1 Å². The SMILES string of the molecule is [CH2]C(CO)c1ccc(C)c(Br)c1. The van der Waals surface area contributed by atoms with Gasteiger partial charge in [-0.25, -0.2) is 0 Å². The fraction of sp³-hybridized carbons (Fsp3) is 0.300. The summed E-state index contributed by atoms with van der Waals surface area (Å²) < 4.78 is 1.07. The van der Waals surface area contributed by atoms with Crippen molar-refractivity contribution in [3.05, 3.63) is 40.7 Å². The third-order valence-electron chi connectivity index (χ3n) is 1.89. The van der Waals surface area contributed by atoms with Crippen molar-refractivity contribution in [1.29, 1.82) is 0 Å². The van der Waals surface area contributed by atoms with Crippen LogP contribution in [0, 0.1) is 13.8 Å². The Kier molecular flexibility index (Phi) is 3.29. The molecule has 0 fully saturated rings. The summed E-state index contributed by atoms with van der Waals surface area (Å²) in [5.74, 6) is -0.0260. The molecule has 0 aliphatic rings. The number of hydrogen-bond donors (Lipinski definition) is 1. The number of aliphatic hydroxyl groups excluding tert-OH is 1. The van der Waals surface area contributed by atoms with Crippen LogP contribution in [0.2, 0.25) is 0 Å². The molecular formula is C10H12BrO. The Bertz CT molecular complexity index is 271. The second-order valence-corrected chi connectivity index (χ2v) is 3.74. The molecule has 0 aliphatic carbocycles. The van der Waals surface area contributed by atoms with E-state index < -0.39 is 0 Å². The zero-order valence-electron chi connectivity index (χ0n) is 7.05. The summed E-state index contributed by atoms with van der Waals surface area (Å²) in [6.07, 6.45) is 0. The monoisotopic (exact) mass is 227 g/mol. The highest BCUT2D eigenvalue weighted by atomic mass is 79.9. The molecule has 0 bridgehead atoms. The van der Waals surface area contributed by atoms with Gasteiger partial charge in [-0.2, -0.15) is 0 Å². The van der Waals surface area contributed by atoms with Crippen LogP contribution in [0.25, 0.3) is 0 Å². The molecule has 0 saturated carbocycles. The zero-order chi connectivity index (χ0) is 9.14. The van der Waals surface area contributed by atoms with Crippen LogP contribution in [0.3, 0.4) is 0 Å². The molecule has 1 nitrogen and oxygen atoms in total. The van der Waals surface area contributed by atoms with E-state index in [-0.39, 0.29) is 12.5 Å². The van der Waals surface area contributed by atoms with Gasteiger partial charge < -0.3 is 5.11 Å². The molecule has 0 aromatic heterocycles. The number of rotatable bonds is 2. The molecule has 0 spiro atoms. The van der Waals surface area contributed by atoms with Crippen LogP contribution < -0.4 is 0 Å². The first-order valence-electron chi connectivity index (χ1n) is 3.85. The van der Waals surface area contributed by atoms with Crippen molar-refractivity contribution in [3.63, 3.8) is 0 Å². The highest BCUT2D eigenvalue weighted by Crippen LogP contribution is 2.22. The lowest BCUT2D eigenvalue weighted by Crippen LogP contribution is -1.99. The fourth-order valence-electron chi connectivity index (χ4n) is 0.968. The standard InChI is InChI=1S/C10H12BrO/c1-7-3-4-9(5-10(7)11)8(2)6-12/h3-5,8,12H,2,6H2,1H3. The summed E-state index contributed by atoms with van der Waals surface area (Å²) in [7, 11) is 0. The molecule has 1 aromatic rings. The van der Waals surface area contributed by atoms with E-state index in [0.29, 0.717) is 0 Å².